The molecule has 1 fully saturated rings. The van der Waals surface area contributed by atoms with Gasteiger partial charge in [0.2, 0.25) is 0 Å². The number of carbonyl (C=O) groups is 1. The molecule has 1 saturated carbocycles. The number of ether oxygens (including phenoxy) is 1. The molecule has 0 unspecified atom stereocenters. The molecule has 0 radical (unpaired) electrons. The van der Waals surface area contributed by atoms with Crippen molar-refractivity contribution in [1.82, 2.24) is 5.32 Å². The highest BCUT2D eigenvalue weighted by molar-refractivity contribution is 5.67. The SMILES string of the molecule is O=C(NCC1(F)CC(CO)C1)OCc1ccccc1. The summed E-state index contributed by atoms with van der Waals surface area (Å²) in [5.41, 5.74) is -0.504. The van der Waals surface area contributed by atoms with E-state index >= 15 is 0 Å². The lowest BCUT2D eigenvalue weighted by Gasteiger charge is -2.40. The Hall–Kier alpha value is -1.62. The number of carbonyl (C=O) groups excluding carboxylic acids is 1. The maximum absolute atomic E-state index is 13.9. The molecule has 1 aliphatic carbocycles. The average molecular weight is 267 g/mol. The first kappa shape index (κ1) is 13.8. The van der Waals surface area contributed by atoms with Gasteiger partial charge < -0.3 is 15.2 Å². The van der Waals surface area contributed by atoms with Gasteiger partial charge in [0, 0.05) is 6.61 Å². The molecule has 1 aliphatic rings. The van der Waals surface area contributed by atoms with E-state index in [4.69, 9.17) is 9.84 Å². The third-order valence-corrected chi connectivity index (χ3v) is 3.33. The lowest BCUT2D eigenvalue weighted by molar-refractivity contribution is -0.0170. The fraction of sp³-hybridized carbons (Fsp3) is 0.500. The van der Waals surface area contributed by atoms with Crippen LogP contribution in [-0.4, -0.2) is 30.0 Å². The van der Waals surface area contributed by atoms with E-state index in [9.17, 15) is 9.18 Å². The Morgan fingerprint density at radius 1 is 1.42 bits per heavy atom. The molecule has 0 aliphatic heterocycles. The maximum Gasteiger partial charge on any atom is 0.407 e. The second-order valence-electron chi connectivity index (χ2n) is 5.02. The van der Waals surface area contributed by atoms with Crippen LogP contribution in [0, 0.1) is 5.92 Å². The zero-order chi connectivity index (χ0) is 13.7. The van der Waals surface area contributed by atoms with Crippen LogP contribution in [0.5, 0.6) is 0 Å². The number of aliphatic hydroxyl groups is 1. The number of benzene rings is 1. The number of aliphatic hydroxyl groups excluding tert-OH is 1. The van der Waals surface area contributed by atoms with Gasteiger partial charge in [-0.1, -0.05) is 30.3 Å². The van der Waals surface area contributed by atoms with Gasteiger partial charge in [-0.05, 0) is 24.3 Å². The minimum absolute atomic E-state index is 0.00409. The van der Waals surface area contributed by atoms with Crippen LogP contribution >= 0.6 is 0 Å². The standard InChI is InChI=1S/C14H18FNO3/c15-14(6-12(7-14)8-17)10-16-13(18)19-9-11-4-2-1-3-5-11/h1-5,12,17H,6-10H2,(H,16,18). The molecule has 2 N–H and O–H groups in total. The Labute approximate surface area is 111 Å². The number of rotatable bonds is 5. The van der Waals surface area contributed by atoms with Gasteiger partial charge in [0.25, 0.3) is 0 Å². The molecule has 2 rings (SSSR count). The summed E-state index contributed by atoms with van der Waals surface area (Å²) in [5.74, 6) is 0.0205. The van der Waals surface area contributed by atoms with E-state index in [1.165, 1.54) is 0 Å². The van der Waals surface area contributed by atoms with Gasteiger partial charge in [-0.3, -0.25) is 0 Å². The van der Waals surface area contributed by atoms with Gasteiger partial charge in [-0.25, -0.2) is 9.18 Å². The minimum atomic E-state index is -1.39. The molecule has 0 atom stereocenters. The summed E-state index contributed by atoms with van der Waals surface area (Å²) in [7, 11) is 0. The number of hydrogen-bond acceptors (Lipinski definition) is 3. The molecule has 0 saturated heterocycles. The number of nitrogens with one attached hydrogen (secondary N) is 1. The van der Waals surface area contributed by atoms with E-state index in [0.717, 1.165) is 5.56 Å². The van der Waals surface area contributed by atoms with Gasteiger partial charge in [0.15, 0.2) is 0 Å². The molecule has 1 aromatic rings. The fourth-order valence-corrected chi connectivity index (χ4v) is 2.25. The van der Waals surface area contributed by atoms with Crippen LogP contribution in [-0.2, 0) is 11.3 Å². The Bertz CT molecular complexity index is 418. The number of hydrogen-bond donors (Lipinski definition) is 2. The number of alkyl carbamates (subject to hydrolysis) is 1. The summed E-state index contributed by atoms with van der Waals surface area (Å²) in [5, 5.41) is 11.2. The van der Waals surface area contributed by atoms with E-state index in [2.05, 4.69) is 5.32 Å². The molecule has 0 spiro atoms. The summed E-state index contributed by atoms with van der Waals surface area (Å²) in [6.07, 6.45) is -0.0291. The van der Waals surface area contributed by atoms with Crippen molar-refractivity contribution in [3.63, 3.8) is 0 Å². The van der Waals surface area contributed by atoms with Gasteiger partial charge in [0.05, 0.1) is 6.54 Å². The van der Waals surface area contributed by atoms with Crippen molar-refractivity contribution in [1.29, 1.82) is 0 Å². The second-order valence-corrected chi connectivity index (χ2v) is 5.02. The second kappa shape index (κ2) is 6.02. The Morgan fingerprint density at radius 3 is 2.74 bits per heavy atom. The van der Waals surface area contributed by atoms with Crippen LogP contribution in [0.3, 0.4) is 0 Å². The smallest absolute Gasteiger partial charge is 0.407 e. The van der Waals surface area contributed by atoms with E-state index in [1.807, 2.05) is 30.3 Å². The highest BCUT2D eigenvalue weighted by Crippen LogP contribution is 2.40. The van der Waals surface area contributed by atoms with Crippen molar-refractivity contribution >= 4 is 6.09 Å². The Balaban J connectivity index is 1.65. The van der Waals surface area contributed by atoms with E-state index in [0.29, 0.717) is 12.8 Å². The fourth-order valence-electron chi connectivity index (χ4n) is 2.25. The van der Waals surface area contributed by atoms with Crippen molar-refractivity contribution in [3.05, 3.63) is 35.9 Å². The molecular weight excluding hydrogens is 249 g/mol. The molecule has 5 heteroatoms. The van der Waals surface area contributed by atoms with Gasteiger partial charge in [-0.15, -0.1) is 0 Å². The monoisotopic (exact) mass is 267 g/mol. The van der Waals surface area contributed by atoms with Crippen LogP contribution in [0.15, 0.2) is 30.3 Å². The zero-order valence-electron chi connectivity index (χ0n) is 10.6. The third-order valence-electron chi connectivity index (χ3n) is 3.33. The summed E-state index contributed by atoms with van der Waals surface area (Å²) in [6, 6.07) is 9.29. The number of alkyl halides is 1. The first-order chi connectivity index (χ1) is 9.11. The summed E-state index contributed by atoms with van der Waals surface area (Å²) < 4.78 is 18.9. The molecule has 0 heterocycles. The number of halogens is 1. The lowest BCUT2D eigenvalue weighted by atomic mass is 9.73. The van der Waals surface area contributed by atoms with Crippen LogP contribution in [0.25, 0.3) is 0 Å². The average Bonchev–Trinajstić information content (AvgIpc) is 2.41. The minimum Gasteiger partial charge on any atom is -0.445 e. The first-order valence-corrected chi connectivity index (χ1v) is 6.36. The molecular formula is C14H18FNO3. The van der Waals surface area contributed by atoms with Gasteiger partial charge >= 0.3 is 6.09 Å². The molecule has 104 valence electrons. The first-order valence-electron chi connectivity index (χ1n) is 6.36. The highest BCUT2D eigenvalue weighted by Gasteiger charge is 2.44. The van der Waals surface area contributed by atoms with E-state index in [1.54, 1.807) is 0 Å². The van der Waals surface area contributed by atoms with Crippen molar-refractivity contribution in [2.75, 3.05) is 13.2 Å². The largest absolute Gasteiger partial charge is 0.445 e. The van der Waals surface area contributed by atoms with Gasteiger partial charge in [0.1, 0.15) is 12.3 Å². The van der Waals surface area contributed by atoms with Crippen LogP contribution in [0.2, 0.25) is 0 Å². The predicted octanol–water partition coefficient (Wildman–Crippen LogP) is 2.02. The highest BCUT2D eigenvalue weighted by atomic mass is 19.1. The quantitative estimate of drug-likeness (QED) is 0.858. The lowest BCUT2D eigenvalue weighted by Crippen LogP contribution is -2.49. The van der Waals surface area contributed by atoms with Crippen molar-refractivity contribution in [3.8, 4) is 0 Å². The molecule has 0 aromatic heterocycles. The maximum atomic E-state index is 13.9. The molecule has 4 nitrogen and oxygen atoms in total. The summed E-state index contributed by atoms with van der Waals surface area (Å²) in [4.78, 5) is 11.4. The summed E-state index contributed by atoms with van der Waals surface area (Å²) in [6.45, 7) is 0.118. The van der Waals surface area contributed by atoms with Crippen molar-refractivity contribution in [2.45, 2.75) is 25.1 Å². The van der Waals surface area contributed by atoms with Crippen LogP contribution in [0.1, 0.15) is 18.4 Å². The van der Waals surface area contributed by atoms with Crippen LogP contribution in [0.4, 0.5) is 9.18 Å². The van der Waals surface area contributed by atoms with Crippen molar-refractivity contribution < 1.29 is 19.0 Å². The topological polar surface area (TPSA) is 58.6 Å². The molecule has 19 heavy (non-hydrogen) atoms. The van der Waals surface area contributed by atoms with Crippen molar-refractivity contribution in [2.24, 2.45) is 5.92 Å². The zero-order valence-corrected chi connectivity index (χ0v) is 10.6. The van der Waals surface area contributed by atoms with E-state index in [-0.39, 0.29) is 25.7 Å². The molecule has 1 aromatic carbocycles. The molecule has 1 amide bonds. The Kier molecular flexibility index (Phi) is 4.37. The number of amides is 1. The third kappa shape index (κ3) is 3.92. The van der Waals surface area contributed by atoms with Crippen LogP contribution < -0.4 is 5.32 Å². The Morgan fingerprint density at radius 2 is 2.11 bits per heavy atom. The molecule has 0 bridgehead atoms. The normalized spacial score (nSPS) is 25.5. The van der Waals surface area contributed by atoms with Gasteiger partial charge in [-0.2, -0.15) is 0 Å². The summed E-state index contributed by atoms with van der Waals surface area (Å²) >= 11 is 0. The predicted molar refractivity (Wildman–Crippen MR) is 68.3 cm³/mol. The van der Waals surface area contributed by atoms with E-state index < -0.39 is 11.8 Å².